The van der Waals surface area contributed by atoms with E-state index in [4.69, 9.17) is 5.14 Å². The van der Waals surface area contributed by atoms with Crippen molar-refractivity contribution in [2.75, 3.05) is 5.32 Å². The van der Waals surface area contributed by atoms with Crippen LogP contribution < -0.4 is 10.5 Å². The fourth-order valence-corrected chi connectivity index (χ4v) is 6.62. The second kappa shape index (κ2) is 7.31. The molecule has 2 aliphatic carbocycles. The first-order valence-corrected chi connectivity index (χ1v) is 12.1. The van der Waals surface area contributed by atoms with Gasteiger partial charge in [0.1, 0.15) is 0 Å². The molecule has 0 aliphatic heterocycles. The van der Waals surface area contributed by atoms with Gasteiger partial charge in [-0.2, -0.15) is 4.36 Å². The summed E-state index contributed by atoms with van der Waals surface area (Å²) in [6.07, 6.45) is 4.46. The van der Waals surface area contributed by atoms with Crippen LogP contribution in [0, 0.1) is 5.82 Å². The Labute approximate surface area is 174 Å². The van der Waals surface area contributed by atoms with Crippen LogP contribution in [-0.2, 0) is 41.2 Å². The molecule has 2 unspecified atom stereocenters. The summed E-state index contributed by atoms with van der Waals surface area (Å²) in [6, 6.07) is 3.38. The summed E-state index contributed by atoms with van der Waals surface area (Å²) in [6.45, 7) is 3.01. The number of aliphatic hydroxyl groups excluding tert-OH is 1. The third kappa shape index (κ3) is 3.94. The summed E-state index contributed by atoms with van der Waals surface area (Å²) in [5, 5.41) is 29.4. The maximum Gasteiger partial charge on any atom is 0.233 e. The van der Waals surface area contributed by atoms with Crippen LogP contribution in [0.3, 0.4) is 0 Å². The Kier molecular flexibility index (Phi) is 5.23. The summed E-state index contributed by atoms with van der Waals surface area (Å²) in [4.78, 5) is 0.291. The molecule has 0 saturated carbocycles. The fraction of sp³-hybridized carbons (Fsp3) is 0.500. The van der Waals surface area contributed by atoms with Gasteiger partial charge in [-0.15, -0.1) is 11.3 Å². The van der Waals surface area contributed by atoms with E-state index >= 15 is 0 Å². The van der Waals surface area contributed by atoms with Crippen LogP contribution in [0.4, 0.5) is 10.1 Å². The molecule has 29 heavy (non-hydrogen) atoms. The lowest BCUT2D eigenvalue weighted by Gasteiger charge is -2.19. The minimum atomic E-state index is -3.68. The van der Waals surface area contributed by atoms with Crippen LogP contribution in [0.25, 0.3) is 0 Å². The zero-order chi connectivity index (χ0) is 21.0. The first kappa shape index (κ1) is 20.7. The number of anilines is 1. The molecule has 0 spiro atoms. The molecule has 0 fully saturated rings. The van der Waals surface area contributed by atoms with Gasteiger partial charge in [0.05, 0.1) is 5.60 Å². The van der Waals surface area contributed by atoms with Gasteiger partial charge < -0.3 is 15.5 Å². The average Bonchev–Trinajstić information content (AvgIpc) is 3.31. The number of thiophene rings is 1. The van der Waals surface area contributed by atoms with E-state index in [1.165, 1.54) is 36.1 Å². The molecule has 0 radical (unpaired) electrons. The molecule has 0 bridgehead atoms. The standard InChI is InChI=1S/C20H26FN3O3S2/c1-20(2,26)16-10-15(21)18(28-16)29(22,27)24-19(25)23-17-13-7-3-5-11(13)9-12-6-4-8-14(12)17/h9-10,19,23,25-26H,3-8H2,1-2H3,(H2,22,24,27). The number of nitrogens with one attached hydrogen (secondary N) is 1. The molecule has 158 valence electrons. The number of halogens is 1. The minimum Gasteiger partial charge on any atom is -0.385 e. The van der Waals surface area contributed by atoms with Crippen molar-refractivity contribution in [2.24, 2.45) is 9.50 Å². The number of nitrogens with zero attached hydrogens (tertiary/aromatic N) is 1. The molecule has 4 rings (SSSR count). The molecule has 0 amide bonds. The molecule has 1 heterocycles. The Hall–Kier alpha value is -1.52. The van der Waals surface area contributed by atoms with Crippen molar-refractivity contribution < 1.29 is 18.8 Å². The van der Waals surface area contributed by atoms with Crippen molar-refractivity contribution in [1.82, 2.24) is 0 Å². The van der Waals surface area contributed by atoms with Crippen molar-refractivity contribution in [3.05, 3.63) is 45.1 Å². The van der Waals surface area contributed by atoms with Gasteiger partial charge in [-0.3, -0.25) is 0 Å². The summed E-state index contributed by atoms with van der Waals surface area (Å²) in [5.41, 5.74) is 4.50. The lowest BCUT2D eigenvalue weighted by Crippen LogP contribution is -2.23. The Balaban J connectivity index is 1.67. The summed E-state index contributed by atoms with van der Waals surface area (Å²) < 4.78 is 30.8. The van der Waals surface area contributed by atoms with Crippen LogP contribution in [0.2, 0.25) is 0 Å². The molecule has 5 N–H and O–H groups in total. The summed E-state index contributed by atoms with van der Waals surface area (Å²) in [5.74, 6) is -0.794. The van der Waals surface area contributed by atoms with Crippen LogP contribution in [-0.4, -0.2) is 20.8 Å². The Bertz CT molecular complexity index is 1050. The van der Waals surface area contributed by atoms with E-state index in [1.807, 2.05) is 0 Å². The lowest BCUT2D eigenvalue weighted by atomic mass is 9.99. The number of rotatable bonds is 5. The highest BCUT2D eigenvalue weighted by Gasteiger charge is 2.28. The average molecular weight is 440 g/mol. The highest BCUT2D eigenvalue weighted by Crippen LogP contribution is 2.39. The molecule has 2 aliphatic rings. The van der Waals surface area contributed by atoms with E-state index in [2.05, 4.69) is 15.7 Å². The fourth-order valence-electron chi connectivity index (χ4n) is 4.20. The van der Waals surface area contributed by atoms with Gasteiger partial charge in [-0.1, -0.05) is 6.07 Å². The van der Waals surface area contributed by atoms with E-state index in [1.54, 1.807) is 0 Å². The van der Waals surface area contributed by atoms with E-state index in [0.717, 1.165) is 61.6 Å². The van der Waals surface area contributed by atoms with Crippen LogP contribution in [0.15, 0.2) is 20.7 Å². The van der Waals surface area contributed by atoms with Gasteiger partial charge in [0.15, 0.2) is 19.9 Å². The van der Waals surface area contributed by atoms with E-state index < -0.39 is 27.7 Å². The first-order chi connectivity index (χ1) is 13.6. The maximum atomic E-state index is 14.4. The second-order valence-corrected chi connectivity index (χ2v) is 11.3. The van der Waals surface area contributed by atoms with E-state index in [0.29, 0.717) is 4.88 Å². The quantitative estimate of drug-likeness (QED) is 0.537. The molecule has 1 aromatic carbocycles. The number of benzene rings is 1. The Morgan fingerprint density at radius 3 is 2.31 bits per heavy atom. The van der Waals surface area contributed by atoms with Crippen molar-refractivity contribution >= 4 is 26.9 Å². The van der Waals surface area contributed by atoms with Crippen LogP contribution in [0.5, 0.6) is 0 Å². The van der Waals surface area contributed by atoms with Crippen molar-refractivity contribution in [2.45, 2.75) is 68.5 Å². The second-order valence-electron chi connectivity index (χ2n) is 8.23. The topological polar surface area (TPSA) is 108 Å². The Morgan fingerprint density at radius 1 is 1.21 bits per heavy atom. The van der Waals surface area contributed by atoms with Crippen LogP contribution >= 0.6 is 11.3 Å². The SMILES string of the molecule is CC(C)(O)c1cc(F)c(S(N)(=O)=NC(O)Nc2c3c(cc4c2CCC4)CCC3)s1. The van der Waals surface area contributed by atoms with Crippen molar-refractivity contribution in [1.29, 1.82) is 0 Å². The number of hydrogen-bond acceptors (Lipinski definition) is 6. The van der Waals surface area contributed by atoms with Gasteiger partial charge in [0.25, 0.3) is 0 Å². The molecule has 0 saturated heterocycles. The summed E-state index contributed by atoms with van der Waals surface area (Å²) in [7, 11) is -3.68. The van der Waals surface area contributed by atoms with Gasteiger partial charge in [0.2, 0.25) is 6.35 Å². The predicted octanol–water partition coefficient (Wildman–Crippen LogP) is 3.18. The van der Waals surface area contributed by atoms with Crippen LogP contribution in [0.1, 0.15) is 53.8 Å². The molecule has 2 aromatic rings. The number of fused-ring (bicyclic) bond motifs is 2. The molecular weight excluding hydrogens is 413 g/mol. The number of nitrogens with two attached hydrogens (primary N) is 1. The number of aliphatic hydroxyl groups is 2. The van der Waals surface area contributed by atoms with E-state index in [9.17, 15) is 18.8 Å². The van der Waals surface area contributed by atoms with Gasteiger partial charge in [-0.05, 0) is 80.7 Å². The third-order valence-electron chi connectivity index (χ3n) is 5.53. The van der Waals surface area contributed by atoms with Crippen molar-refractivity contribution in [3.63, 3.8) is 0 Å². The van der Waals surface area contributed by atoms with Gasteiger partial charge in [0, 0.05) is 10.6 Å². The third-order valence-corrected chi connectivity index (χ3v) is 8.95. The minimum absolute atomic E-state index is 0.279. The highest BCUT2D eigenvalue weighted by molar-refractivity contribution is 7.93. The normalized spacial score (nSPS) is 18.8. The molecule has 1 aromatic heterocycles. The predicted molar refractivity (Wildman–Crippen MR) is 113 cm³/mol. The highest BCUT2D eigenvalue weighted by atomic mass is 32.2. The maximum absolute atomic E-state index is 14.4. The largest absolute Gasteiger partial charge is 0.385 e. The number of hydrogen-bond donors (Lipinski definition) is 4. The number of aryl methyl sites for hydroxylation is 2. The first-order valence-electron chi connectivity index (χ1n) is 9.73. The molecule has 9 heteroatoms. The zero-order valence-corrected chi connectivity index (χ0v) is 18.1. The van der Waals surface area contributed by atoms with Crippen molar-refractivity contribution in [3.8, 4) is 0 Å². The lowest BCUT2D eigenvalue weighted by molar-refractivity contribution is 0.0823. The monoisotopic (exact) mass is 439 g/mol. The van der Waals surface area contributed by atoms with Gasteiger partial charge >= 0.3 is 0 Å². The molecular formula is C20H26FN3O3S2. The smallest absolute Gasteiger partial charge is 0.233 e. The van der Waals surface area contributed by atoms with E-state index in [-0.39, 0.29) is 4.21 Å². The Morgan fingerprint density at radius 2 is 1.79 bits per heavy atom. The summed E-state index contributed by atoms with van der Waals surface area (Å²) >= 11 is 0.804. The van der Waals surface area contributed by atoms with Gasteiger partial charge in [-0.25, -0.2) is 13.7 Å². The molecule has 2 atom stereocenters. The molecule has 6 nitrogen and oxygen atoms in total. The zero-order valence-electron chi connectivity index (χ0n) is 16.5.